The molecule has 0 unspecified atom stereocenters. The van der Waals surface area contributed by atoms with Gasteiger partial charge in [0, 0.05) is 13.6 Å². The first-order valence-electron chi connectivity index (χ1n) is 5.68. The van der Waals surface area contributed by atoms with Gasteiger partial charge < -0.3 is 9.64 Å². The molecule has 3 nitrogen and oxygen atoms in total. The predicted molar refractivity (Wildman–Crippen MR) is 65.3 cm³/mol. The van der Waals surface area contributed by atoms with Crippen molar-refractivity contribution in [2.24, 2.45) is 0 Å². The minimum Gasteiger partial charge on any atom is -0.444 e. The lowest BCUT2D eigenvalue weighted by molar-refractivity contribution is 0.0314. The average molecular weight is 223 g/mol. The average Bonchev–Trinajstić information content (AvgIpc) is 2.16. The standard InChI is InChI=1S/C13H21NO2/c1-13(2,3)16-12(15)14(4)10-11-8-6-5-7-9-11/h6,8-9H,5,7,10H2,1-4H3. The van der Waals surface area contributed by atoms with Crippen molar-refractivity contribution in [3.05, 3.63) is 23.8 Å². The number of rotatable bonds is 2. The Labute approximate surface area is 97.8 Å². The normalized spacial score (nSPS) is 15.6. The quantitative estimate of drug-likeness (QED) is 0.719. The first kappa shape index (κ1) is 12.8. The van der Waals surface area contributed by atoms with Gasteiger partial charge in [-0.2, -0.15) is 0 Å². The van der Waals surface area contributed by atoms with Crippen molar-refractivity contribution < 1.29 is 9.53 Å². The molecule has 0 atom stereocenters. The highest BCUT2D eigenvalue weighted by Gasteiger charge is 2.19. The lowest BCUT2D eigenvalue weighted by Crippen LogP contribution is -2.35. The minimum absolute atomic E-state index is 0.271. The zero-order valence-corrected chi connectivity index (χ0v) is 10.6. The predicted octanol–water partition coefficient (Wildman–Crippen LogP) is 3.13. The number of nitrogens with zero attached hydrogens (tertiary/aromatic N) is 1. The van der Waals surface area contributed by atoms with Crippen LogP contribution in [0, 0.1) is 0 Å². The molecule has 0 aromatic heterocycles. The molecule has 0 saturated carbocycles. The van der Waals surface area contributed by atoms with E-state index in [4.69, 9.17) is 4.74 Å². The van der Waals surface area contributed by atoms with Gasteiger partial charge in [-0.25, -0.2) is 4.79 Å². The van der Waals surface area contributed by atoms with Crippen molar-refractivity contribution in [2.75, 3.05) is 13.6 Å². The van der Waals surface area contributed by atoms with E-state index in [-0.39, 0.29) is 6.09 Å². The summed E-state index contributed by atoms with van der Waals surface area (Å²) in [6.45, 7) is 6.24. The zero-order chi connectivity index (χ0) is 12.2. The maximum Gasteiger partial charge on any atom is 0.410 e. The number of carbonyl (C=O) groups is 1. The van der Waals surface area contributed by atoms with Gasteiger partial charge in [-0.1, -0.05) is 18.2 Å². The number of likely N-dealkylation sites (N-methyl/N-ethyl adjacent to an activating group) is 1. The van der Waals surface area contributed by atoms with Crippen LogP contribution in [0.5, 0.6) is 0 Å². The van der Waals surface area contributed by atoms with E-state index in [1.165, 1.54) is 5.57 Å². The molecule has 16 heavy (non-hydrogen) atoms. The fourth-order valence-electron chi connectivity index (χ4n) is 1.46. The van der Waals surface area contributed by atoms with Gasteiger partial charge in [-0.15, -0.1) is 0 Å². The van der Waals surface area contributed by atoms with Gasteiger partial charge in [0.1, 0.15) is 5.60 Å². The molecule has 0 radical (unpaired) electrons. The van der Waals surface area contributed by atoms with E-state index in [1.54, 1.807) is 11.9 Å². The fraction of sp³-hybridized carbons (Fsp3) is 0.615. The third kappa shape index (κ3) is 4.51. The summed E-state index contributed by atoms with van der Waals surface area (Å²) in [5, 5.41) is 0. The number of allylic oxidation sites excluding steroid dienone is 2. The highest BCUT2D eigenvalue weighted by Crippen LogP contribution is 2.13. The third-order valence-corrected chi connectivity index (χ3v) is 2.20. The molecule has 90 valence electrons. The smallest absolute Gasteiger partial charge is 0.410 e. The molecule has 0 N–H and O–H groups in total. The van der Waals surface area contributed by atoms with E-state index in [2.05, 4.69) is 18.2 Å². The van der Waals surface area contributed by atoms with Gasteiger partial charge in [0.05, 0.1) is 0 Å². The van der Waals surface area contributed by atoms with Gasteiger partial charge in [0.15, 0.2) is 0 Å². The third-order valence-electron chi connectivity index (χ3n) is 2.20. The summed E-state index contributed by atoms with van der Waals surface area (Å²) >= 11 is 0. The summed E-state index contributed by atoms with van der Waals surface area (Å²) < 4.78 is 5.28. The van der Waals surface area contributed by atoms with Crippen LogP contribution in [0.25, 0.3) is 0 Å². The SMILES string of the molecule is CN(CC1=CCCC=C1)C(=O)OC(C)(C)C. The van der Waals surface area contributed by atoms with Crippen molar-refractivity contribution in [2.45, 2.75) is 39.2 Å². The second-order valence-electron chi connectivity index (χ2n) is 5.10. The number of ether oxygens (including phenoxy) is 1. The Hall–Kier alpha value is -1.25. The van der Waals surface area contributed by atoms with Gasteiger partial charge in [0.2, 0.25) is 0 Å². The number of amides is 1. The van der Waals surface area contributed by atoms with Crippen molar-refractivity contribution in [1.29, 1.82) is 0 Å². The second-order valence-corrected chi connectivity index (χ2v) is 5.10. The number of hydrogen-bond donors (Lipinski definition) is 0. The van der Waals surface area contributed by atoms with Crippen LogP contribution in [0.2, 0.25) is 0 Å². The molecule has 0 fully saturated rings. The number of hydrogen-bond acceptors (Lipinski definition) is 2. The summed E-state index contributed by atoms with van der Waals surface area (Å²) in [4.78, 5) is 13.3. The van der Waals surface area contributed by atoms with Gasteiger partial charge in [-0.05, 0) is 39.2 Å². The van der Waals surface area contributed by atoms with Crippen LogP contribution in [-0.4, -0.2) is 30.2 Å². The second kappa shape index (κ2) is 5.19. The van der Waals surface area contributed by atoms with E-state index >= 15 is 0 Å². The monoisotopic (exact) mass is 223 g/mol. The van der Waals surface area contributed by atoms with E-state index in [1.807, 2.05) is 20.8 Å². The van der Waals surface area contributed by atoms with E-state index in [9.17, 15) is 4.79 Å². The van der Waals surface area contributed by atoms with Crippen LogP contribution >= 0.6 is 0 Å². The highest BCUT2D eigenvalue weighted by atomic mass is 16.6. The Bertz CT molecular complexity index is 310. The summed E-state index contributed by atoms with van der Waals surface area (Å²) in [6, 6.07) is 0. The molecule has 0 aromatic rings. The fourth-order valence-corrected chi connectivity index (χ4v) is 1.46. The molecule has 0 aromatic carbocycles. The molecular weight excluding hydrogens is 202 g/mol. The summed E-state index contributed by atoms with van der Waals surface area (Å²) in [5.41, 5.74) is 0.752. The van der Waals surface area contributed by atoms with Gasteiger partial charge in [0.25, 0.3) is 0 Å². The summed E-state index contributed by atoms with van der Waals surface area (Å²) in [7, 11) is 1.76. The molecule has 1 amide bonds. The Morgan fingerprint density at radius 2 is 2.12 bits per heavy atom. The van der Waals surface area contributed by atoms with Crippen molar-refractivity contribution in [1.82, 2.24) is 4.90 Å². The largest absolute Gasteiger partial charge is 0.444 e. The summed E-state index contributed by atoms with van der Waals surface area (Å²) in [6.07, 6.45) is 8.27. The highest BCUT2D eigenvalue weighted by molar-refractivity contribution is 5.68. The molecule has 3 heteroatoms. The van der Waals surface area contributed by atoms with Gasteiger partial charge >= 0.3 is 6.09 Å². The van der Waals surface area contributed by atoms with Crippen molar-refractivity contribution in [3.63, 3.8) is 0 Å². The molecule has 1 aliphatic rings. The van der Waals surface area contributed by atoms with Gasteiger partial charge in [-0.3, -0.25) is 0 Å². The first-order chi connectivity index (χ1) is 7.38. The van der Waals surface area contributed by atoms with Crippen molar-refractivity contribution >= 4 is 6.09 Å². The van der Waals surface area contributed by atoms with E-state index in [0.29, 0.717) is 6.54 Å². The molecule has 0 bridgehead atoms. The molecule has 0 heterocycles. The molecule has 1 rings (SSSR count). The molecular formula is C13H21NO2. The number of carbonyl (C=O) groups excluding carboxylic acids is 1. The van der Waals surface area contributed by atoms with Crippen LogP contribution in [0.3, 0.4) is 0 Å². The maximum atomic E-state index is 11.7. The van der Waals surface area contributed by atoms with Crippen molar-refractivity contribution in [3.8, 4) is 0 Å². The lowest BCUT2D eigenvalue weighted by atomic mass is 10.1. The topological polar surface area (TPSA) is 29.5 Å². The minimum atomic E-state index is -0.428. The van der Waals surface area contributed by atoms with Crippen LogP contribution < -0.4 is 0 Å². The Balaban J connectivity index is 2.45. The summed E-state index contributed by atoms with van der Waals surface area (Å²) in [5.74, 6) is 0. The first-order valence-corrected chi connectivity index (χ1v) is 5.68. The maximum absolute atomic E-state index is 11.7. The molecule has 0 saturated heterocycles. The zero-order valence-electron chi connectivity index (χ0n) is 10.6. The molecule has 1 aliphatic carbocycles. The van der Waals surface area contributed by atoms with Crippen LogP contribution in [0.1, 0.15) is 33.6 Å². The van der Waals surface area contributed by atoms with Crippen LogP contribution in [-0.2, 0) is 4.74 Å². The molecule has 0 spiro atoms. The van der Waals surface area contributed by atoms with E-state index in [0.717, 1.165) is 12.8 Å². The van der Waals surface area contributed by atoms with Crippen LogP contribution in [0.4, 0.5) is 4.79 Å². The lowest BCUT2D eigenvalue weighted by Gasteiger charge is -2.25. The van der Waals surface area contributed by atoms with Crippen LogP contribution in [0.15, 0.2) is 23.8 Å². The Morgan fingerprint density at radius 3 is 2.62 bits per heavy atom. The Kier molecular flexibility index (Phi) is 4.16. The molecule has 0 aliphatic heterocycles. The van der Waals surface area contributed by atoms with E-state index < -0.39 is 5.60 Å². The Morgan fingerprint density at radius 1 is 1.44 bits per heavy atom.